The van der Waals surface area contributed by atoms with Crippen molar-refractivity contribution in [1.82, 2.24) is 0 Å². The molecule has 0 amide bonds. The molecule has 0 saturated heterocycles. The van der Waals surface area contributed by atoms with Crippen molar-refractivity contribution in [3.8, 4) is 0 Å². The van der Waals surface area contributed by atoms with Crippen molar-refractivity contribution in [2.24, 2.45) is 0 Å². The highest BCUT2D eigenvalue weighted by Gasteiger charge is 2.16. The van der Waals surface area contributed by atoms with Gasteiger partial charge >= 0.3 is 0 Å². The fourth-order valence-corrected chi connectivity index (χ4v) is 4.08. The molecule has 118 valence electrons. The summed E-state index contributed by atoms with van der Waals surface area (Å²) in [6.07, 6.45) is 1.07. The first-order valence-corrected chi connectivity index (χ1v) is 10.00. The van der Waals surface area contributed by atoms with E-state index in [0.717, 1.165) is 6.26 Å². The van der Waals surface area contributed by atoms with E-state index in [1.165, 1.54) is 42.5 Å². The number of benzene rings is 2. The molecule has 1 N–H and O–H groups in total. The number of hydrogen-bond donors (Lipinski definition) is 1. The maximum Gasteiger partial charge on any atom is 0.261 e. The Bertz CT molecular complexity index is 887. The number of halogens is 2. The van der Waals surface area contributed by atoms with Crippen LogP contribution in [0.3, 0.4) is 0 Å². The normalized spacial score (nSPS) is 12.1. The van der Waals surface area contributed by atoms with Crippen LogP contribution in [-0.2, 0) is 19.9 Å². The zero-order chi connectivity index (χ0) is 16.5. The molecule has 0 fully saturated rings. The molecule has 2 aromatic carbocycles. The van der Waals surface area contributed by atoms with Gasteiger partial charge in [0.1, 0.15) is 0 Å². The molecule has 0 aliphatic heterocycles. The summed E-state index contributed by atoms with van der Waals surface area (Å²) in [5, 5.41) is 0.389. The first-order valence-electron chi connectivity index (χ1n) is 5.87. The molecule has 0 atom stereocenters. The summed E-state index contributed by atoms with van der Waals surface area (Å²) in [7, 11) is -7.21. The smallest absolute Gasteiger partial charge is 0.261 e. The molecule has 2 aromatic rings. The van der Waals surface area contributed by atoms with Crippen LogP contribution >= 0.6 is 23.2 Å². The third kappa shape index (κ3) is 4.13. The lowest BCUT2D eigenvalue weighted by Gasteiger charge is -2.09. The number of hydrogen-bond acceptors (Lipinski definition) is 4. The van der Waals surface area contributed by atoms with Crippen molar-refractivity contribution >= 4 is 48.7 Å². The average molecular weight is 380 g/mol. The number of anilines is 1. The molecular weight excluding hydrogens is 369 g/mol. The molecule has 0 radical (unpaired) electrons. The Balaban J connectivity index is 2.33. The minimum atomic E-state index is -3.87. The SMILES string of the molecule is CS(=O)(=O)c1ccc(NS(=O)(=O)c2cc(Cl)cc(Cl)c2)cc1. The van der Waals surface area contributed by atoms with Gasteiger partial charge in [0.05, 0.1) is 9.79 Å². The lowest BCUT2D eigenvalue weighted by Crippen LogP contribution is -2.13. The van der Waals surface area contributed by atoms with Gasteiger partial charge in [-0.15, -0.1) is 0 Å². The second-order valence-corrected chi connectivity index (χ2v) is 9.08. The molecule has 22 heavy (non-hydrogen) atoms. The van der Waals surface area contributed by atoms with Gasteiger partial charge in [-0.3, -0.25) is 4.72 Å². The lowest BCUT2D eigenvalue weighted by atomic mass is 10.3. The summed E-state index contributed by atoms with van der Waals surface area (Å²) in [6, 6.07) is 9.31. The van der Waals surface area contributed by atoms with Gasteiger partial charge in [0.15, 0.2) is 9.84 Å². The minimum absolute atomic E-state index is 0.0859. The molecule has 0 aliphatic carbocycles. The van der Waals surface area contributed by atoms with Gasteiger partial charge in [-0.1, -0.05) is 23.2 Å². The van der Waals surface area contributed by atoms with E-state index >= 15 is 0 Å². The van der Waals surface area contributed by atoms with Crippen LogP contribution in [0, 0.1) is 0 Å². The van der Waals surface area contributed by atoms with E-state index in [9.17, 15) is 16.8 Å². The molecule has 2 rings (SSSR count). The maximum atomic E-state index is 12.2. The molecule has 0 unspecified atom stereocenters. The minimum Gasteiger partial charge on any atom is -0.280 e. The predicted octanol–water partition coefficient (Wildman–Crippen LogP) is 3.20. The van der Waals surface area contributed by atoms with Crippen LogP contribution in [0.2, 0.25) is 10.0 Å². The van der Waals surface area contributed by atoms with Gasteiger partial charge < -0.3 is 0 Å². The van der Waals surface area contributed by atoms with Crippen molar-refractivity contribution in [1.29, 1.82) is 0 Å². The third-order valence-electron chi connectivity index (χ3n) is 2.68. The molecule has 0 heterocycles. The van der Waals surface area contributed by atoms with Crippen LogP contribution in [-0.4, -0.2) is 23.1 Å². The van der Waals surface area contributed by atoms with Crippen LogP contribution in [0.15, 0.2) is 52.3 Å². The first-order chi connectivity index (χ1) is 10.1. The summed E-state index contributed by atoms with van der Waals surface area (Å²) in [4.78, 5) is 0.0124. The Morgan fingerprint density at radius 1 is 0.818 bits per heavy atom. The Morgan fingerprint density at radius 2 is 1.32 bits per heavy atom. The van der Waals surface area contributed by atoms with Gasteiger partial charge in [0, 0.05) is 22.0 Å². The van der Waals surface area contributed by atoms with E-state index in [1.54, 1.807) is 0 Å². The topological polar surface area (TPSA) is 80.3 Å². The molecular formula is C13H11Cl2NO4S2. The van der Waals surface area contributed by atoms with Crippen LogP contribution in [0.4, 0.5) is 5.69 Å². The van der Waals surface area contributed by atoms with Gasteiger partial charge in [0.25, 0.3) is 10.0 Å². The molecule has 0 spiro atoms. The largest absolute Gasteiger partial charge is 0.280 e. The Labute approximate surface area is 138 Å². The number of rotatable bonds is 4. The van der Waals surface area contributed by atoms with E-state index in [2.05, 4.69) is 4.72 Å². The van der Waals surface area contributed by atoms with Crippen molar-refractivity contribution in [3.05, 3.63) is 52.5 Å². The highest BCUT2D eigenvalue weighted by molar-refractivity contribution is 7.92. The quantitative estimate of drug-likeness (QED) is 0.884. The van der Waals surface area contributed by atoms with Crippen molar-refractivity contribution < 1.29 is 16.8 Å². The summed E-state index contributed by atoms with van der Waals surface area (Å²) >= 11 is 11.6. The van der Waals surface area contributed by atoms with Crippen molar-refractivity contribution in [2.45, 2.75) is 9.79 Å². The van der Waals surface area contributed by atoms with Crippen molar-refractivity contribution in [2.75, 3.05) is 11.0 Å². The van der Waals surface area contributed by atoms with E-state index in [4.69, 9.17) is 23.2 Å². The second kappa shape index (κ2) is 6.08. The van der Waals surface area contributed by atoms with Gasteiger partial charge in [0.2, 0.25) is 0 Å². The van der Waals surface area contributed by atoms with E-state index in [-0.39, 0.29) is 25.5 Å². The van der Waals surface area contributed by atoms with Crippen LogP contribution in [0.5, 0.6) is 0 Å². The highest BCUT2D eigenvalue weighted by Crippen LogP contribution is 2.24. The van der Waals surface area contributed by atoms with Crippen LogP contribution in [0.25, 0.3) is 0 Å². The fourth-order valence-electron chi connectivity index (χ4n) is 1.67. The summed E-state index contributed by atoms with van der Waals surface area (Å²) in [5.41, 5.74) is 0.225. The third-order valence-corrected chi connectivity index (χ3v) is 5.61. The fraction of sp³-hybridized carbons (Fsp3) is 0.0769. The zero-order valence-corrected chi connectivity index (χ0v) is 14.4. The summed E-state index contributed by atoms with van der Waals surface area (Å²) in [6.45, 7) is 0. The molecule has 9 heteroatoms. The second-order valence-electron chi connectivity index (χ2n) is 4.51. The predicted molar refractivity (Wildman–Crippen MR) is 86.8 cm³/mol. The molecule has 5 nitrogen and oxygen atoms in total. The van der Waals surface area contributed by atoms with E-state index in [1.807, 2.05) is 0 Å². The van der Waals surface area contributed by atoms with Gasteiger partial charge in [-0.2, -0.15) is 0 Å². The number of sulfonamides is 1. The molecule has 0 aliphatic rings. The monoisotopic (exact) mass is 379 g/mol. The van der Waals surface area contributed by atoms with Crippen molar-refractivity contribution in [3.63, 3.8) is 0 Å². The zero-order valence-electron chi connectivity index (χ0n) is 11.2. The van der Waals surface area contributed by atoms with Gasteiger partial charge in [-0.05, 0) is 42.5 Å². The maximum absolute atomic E-state index is 12.2. The van der Waals surface area contributed by atoms with E-state index < -0.39 is 19.9 Å². The standard InChI is InChI=1S/C13H11Cl2NO4S2/c1-21(17,18)12-4-2-11(3-5-12)16-22(19,20)13-7-9(14)6-10(15)8-13/h2-8,16H,1H3. The first kappa shape index (κ1) is 17.1. The highest BCUT2D eigenvalue weighted by atomic mass is 35.5. The summed E-state index contributed by atoms with van der Waals surface area (Å²) in [5.74, 6) is 0. The number of nitrogens with one attached hydrogen (secondary N) is 1. The number of sulfone groups is 1. The molecule has 0 aromatic heterocycles. The Morgan fingerprint density at radius 3 is 1.77 bits per heavy atom. The molecule has 0 bridgehead atoms. The average Bonchev–Trinajstić information content (AvgIpc) is 2.36. The van der Waals surface area contributed by atoms with Gasteiger partial charge in [-0.25, -0.2) is 16.8 Å². The Kier molecular flexibility index (Phi) is 4.72. The summed E-state index contributed by atoms with van der Waals surface area (Å²) < 4.78 is 49.5. The van der Waals surface area contributed by atoms with Crippen LogP contribution < -0.4 is 4.72 Å². The van der Waals surface area contributed by atoms with Crippen LogP contribution in [0.1, 0.15) is 0 Å². The lowest BCUT2D eigenvalue weighted by molar-refractivity contribution is 0.600. The van der Waals surface area contributed by atoms with E-state index in [0.29, 0.717) is 0 Å². The Hall–Kier alpha value is -1.28. The molecule has 0 saturated carbocycles.